The van der Waals surface area contributed by atoms with Gasteiger partial charge in [0.1, 0.15) is 18.3 Å². The lowest BCUT2D eigenvalue weighted by Gasteiger charge is -2.53. The largest absolute Gasteiger partial charge is 0.461 e. The Labute approximate surface area is 223 Å². The fourth-order valence-corrected chi connectivity index (χ4v) is 7.17. The molecule has 0 radical (unpaired) electrons. The lowest BCUT2D eigenvalue weighted by Crippen LogP contribution is -2.59. The summed E-state index contributed by atoms with van der Waals surface area (Å²) in [7, 11) is 0. The molecule has 0 spiro atoms. The number of ether oxygens (including phenoxy) is 4. The van der Waals surface area contributed by atoms with Gasteiger partial charge in [-0.15, -0.1) is 0 Å². The molecule has 0 aliphatic heterocycles. The van der Waals surface area contributed by atoms with Crippen molar-refractivity contribution in [1.82, 2.24) is 0 Å². The van der Waals surface area contributed by atoms with Crippen LogP contribution >= 0.6 is 0 Å². The van der Waals surface area contributed by atoms with Crippen molar-refractivity contribution < 1.29 is 48.3 Å². The molecule has 10 nitrogen and oxygen atoms in total. The maximum Gasteiger partial charge on any atom is 0.303 e. The van der Waals surface area contributed by atoms with Crippen molar-refractivity contribution in [3.05, 3.63) is 23.3 Å². The van der Waals surface area contributed by atoms with Gasteiger partial charge in [-0.3, -0.25) is 19.2 Å². The molecule has 212 valence electrons. The molecule has 0 aromatic rings. The Morgan fingerprint density at radius 3 is 1.89 bits per heavy atom. The summed E-state index contributed by atoms with van der Waals surface area (Å²) in [6.07, 6.45) is -4.66. The highest BCUT2D eigenvalue weighted by Crippen LogP contribution is 2.65. The minimum absolute atomic E-state index is 0.00426. The first-order valence-corrected chi connectivity index (χ1v) is 12.9. The Kier molecular flexibility index (Phi) is 7.94. The molecule has 0 bridgehead atoms. The van der Waals surface area contributed by atoms with Crippen LogP contribution in [-0.4, -0.2) is 70.2 Å². The fraction of sp³-hybridized carbons (Fsp3) is 0.714. The van der Waals surface area contributed by atoms with E-state index in [1.165, 1.54) is 27.7 Å². The molecule has 3 aliphatic rings. The zero-order chi connectivity index (χ0) is 29.0. The summed E-state index contributed by atoms with van der Waals surface area (Å²) in [5, 5.41) is 22.8. The highest BCUT2D eigenvalue weighted by atomic mass is 16.6. The van der Waals surface area contributed by atoms with Gasteiger partial charge >= 0.3 is 23.9 Å². The van der Waals surface area contributed by atoms with Crippen LogP contribution in [0.4, 0.5) is 0 Å². The molecule has 3 aliphatic carbocycles. The van der Waals surface area contributed by atoms with Gasteiger partial charge in [0.15, 0.2) is 6.10 Å². The molecule has 0 heterocycles. The van der Waals surface area contributed by atoms with Crippen LogP contribution in [0.5, 0.6) is 0 Å². The smallest absolute Gasteiger partial charge is 0.303 e. The number of carbonyl (C=O) groups is 4. The Balaban J connectivity index is 2.52. The first-order chi connectivity index (χ1) is 17.4. The summed E-state index contributed by atoms with van der Waals surface area (Å²) in [5.41, 5.74) is -2.95. The molecule has 3 rings (SSSR count). The third-order valence-corrected chi connectivity index (χ3v) is 8.67. The second-order valence-electron chi connectivity index (χ2n) is 11.6. The third-order valence-electron chi connectivity index (χ3n) is 8.67. The molecule has 0 unspecified atom stereocenters. The molecule has 10 heteroatoms. The van der Waals surface area contributed by atoms with E-state index in [0.29, 0.717) is 23.1 Å². The molecule has 0 aromatic carbocycles. The van der Waals surface area contributed by atoms with Gasteiger partial charge in [0, 0.05) is 45.4 Å². The molecule has 0 saturated heterocycles. The number of fused-ring (bicyclic) bond motifs is 2. The van der Waals surface area contributed by atoms with E-state index in [4.69, 9.17) is 18.9 Å². The molecule has 0 amide bonds. The summed E-state index contributed by atoms with van der Waals surface area (Å²) < 4.78 is 23.5. The molecule has 38 heavy (non-hydrogen) atoms. The van der Waals surface area contributed by atoms with Crippen LogP contribution in [0.25, 0.3) is 0 Å². The van der Waals surface area contributed by atoms with Crippen LogP contribution in [0, 0.1) is 16.7 Å². The van der Waals surface area contributed by atoms with Gasteiger partial charge in [0.25, 0.3) is 0 Å². The predicted octanol–water partition coefficient (Wildman–Crippen LogP) is 2.54. The van der Waals surface area contributed by atoms with Crippen LogP contribution in [0.1, 0.15) is 74.7 Å². The van der Waals surface area contributed by atoms with Crippen molar-refractivity contribution >= 4 is 23.9 Å². The minimum Gasteiger partial charge on any atom is -0.461 e. The molecule has 2 fully saturated rings. The van der Waals surface area contributed by atoms with Crippen LogP contribution < -0.4 is 0 Å². The van der Waals surface area contributed by atoms with E-state index in [2.05, 4.69) is 6.58 Å². The first-order valence-electron chi connectivity index (χ1n) is 12.9. The molecule has 8 atom stereocenters. The van der Waals surface area contributed by atoms with Crippen molar-refractivity contribution in [2.75, 3.05) is 0 Å². The van der Waals surface area contributed by atoms with E-state index < -0.39 is 76.7 Å². The number of hydrogen-bond donors (Lipinski definition) is 2. The average molecular weight is 537 g/mol. The van der Waals surface area contributed by atoms with Crippen molar-refractivity contribution in [1.29, 1.82) is 0 Å². The molecule has 2 saturated carbocycles. The summed E-state index contributed by atoms with van der Waals surface area (Å²) in [6, 6.07) is 0. The Morgan fingerprint density at radius 1 is 0.921 bits per heavy atom. The SMILES string of the molecule is C=C1[C@@H](O)CC[C@@]2(C)[C@@H](OC(C)=O)[C@H](OC(C)=O)C3=C(C)[C@@H](OC(C)=O)C[C@]3(C(C)(C)O)[C@@H](OC(C)=O)[C@H]12. The van der Waals surface area contributed by atoms with Crippen molar-refractivity contribution in [3.8, 4) is 0 Å². The second-order valence-corrected chi connectivity index (χ2v) is 11.6. The molecular weight excluding hydrogens is 496 g/mol. The van der Waals surface area contributed by atoms with Gasteiger partial charge in [0.05, 0.1) is 17.1 Å². The van der Waals surface area contributed by atoms with Gasteiger partial charge in [-0.1, -0.05) is 13.5 Å². The zero-order valence-electron chi connectivity index (χ0n) is 23.5. The second kappa shape index (κ2) is 10.1. The quantitative estimate of drug-likeness (QED) is 0.305. The first kappa shape index (κ1) is 29.8. The Hall–Kier alpha value is -2.72. The summed E-state index contributed by atoms with van der Waals surface area (Å²) in [6.45, 7) is 15.7. The number of aliphatic hydroxyl groups excluding tert-OH is 1. The van der Waals surface area contributed by atoms with Crippen molar-refractivity contribution in [2.24, 2.45) is 16.7 Å². The van der Waals surface area contributed by atoms with E-state index in [1.54, 1.807) is 20.8 Å². The van der Waals surface area contributed by atoms with Gasteiger partial charge in [-0.05, 0) is 50.3 Å². The van der Waals surface area contributed by atoms with Gasteiger partial charge in [-0.25, -0.2) is 0 Å². The van der Waals surface area contributed by atoms with E-state index in [-0.39, 0.29) is 12.8 Å². The third kappa shape index (κ3) is 4.77. The predicted molar refractivity (Wildman–Crippen MR) is 134 cm³/mol. The summed E-state index contributed by atoms with van der Waals surface area (Å²) >= 11 is 0. The Morgan fingerprint density at radius 2 is 1.42 bits per heavy atom. The number of esters is 4. The minimum atomic E-state index is -1.65. The van der Waals surface area contributed by atoms with E-state index in [1.807, 2.05) is 6.92 Å². The van der Waals surface area contributed by atoms with Crippen molar-refractivity contribution in [2.45, 2.75) is 111 Å². The maximum atomic E-state index is 12.6. The number of hydrogen-bond acceptors (Lipinski definition) is 10. The van der Waals surface area contributed by atoms with E-state index in [0.717, 1.165) is 0 Å². The maximum absolute atomic E-state index is 12.6. The Bertz CT molecular complexity index is 1070. The van der Waals surface area contributed by atoms with Crippen LogP contribution in [-0.2, 0) is 38.1 Å². The number of rotatable bonds is 5. The lowest BCUT2D eigenvalue weighted by molar-refractivity contribution is -0.191. The van der Waals surface area contributed by atoms with E-state index >= 15 is 0 Å². The van der Waals surface area contributed by atoms with E-state index in [9.17, 15) is 29.4 Å². The standard InChI is InChI=1S/C28H40O10/c1-13-19(33)10-11-27(9)22(13)24(37-17(5)31)28(26(7,8)34)12-20(35-15(3)29)14(2)21(28)23(36-16(4)30)25(27)38-18(6)32/h19-20,22-25,33-34H,1,10-12H2,2-9H3/t19-,20-,22-,23+,24-,25-,27+,28+/m0/s1. The van der Waals surface area contributed by atoms with Gasteiger partial charge in [0.2, 0.25) is 0 Å². The van der Waals surface area contributed by atoms with Gasteiger partial charge in [-0.2, -0.15) is 0 Å². The molecular formula is C28H40O10. The lowest BCUT2D eigenvalue weighted by atomic mass is 9.55. The van der Waals surface area contributed by atoms with Crippen LogP contribution in [0.3, 0.4) is 0 Å². The van der Waals surface area contributed by atoms with Crippen molar-refractivity contribution in [3.63, 3.8) is 0 Å². The summed E-state index contributed by atoms with van der Waals surface area (Å²) in [4.78, 5) is 49.7. The highest BCUT2D eigenvalue weighted by molar-refractivity contribution is 5.70. The topological polar surface area (TPSA) is 146 Å². The normalized spacial score (nSPS) is 36.9. The fourth-order valence-electron chi connectivity index (χ4n) is 7.17. The average Bonchev–Trinajstić information content (AvgIpc) is 3.01. The van der Waals surface area contributed by atoms with Gasteiger partial charge < -0.3 is 29.2 Å². The number of aliphatic hydroxyl groups is 2. The zero-order valence-corrected chi connectivity index (χ0v) is 23.5. The molecule has 2 N–H and O–H groups in total. The highest BCUT2D eigenvalue weighted by Gasteiger charge is 2.71. The molecule has 0 aromatic heterocycles. The summed E-state index contributed by atoms with van der Waals surface area (Å²) in [5.74, 6) is -3.32. The number of carbonyl (C=O) groups excluding carboxylic acids is 4. The monoisotopic (exact) mass is 536 g/mol. The van der Waals surface area contributed by atoms with Crippen LogP contribution in [0.15, 0.2) is 23.3 Å². The van der Waals surface area contributed by atoms with Crippen LogP contribution in [0.2, 0.25) is 0 Å².